The van der Waals surface area contributed by atoms with E-state index in [4.69, 9.17) is 9.47 Å². The summed E-state index contributed by atoms with van der Waals surface area (Å²) in [6, 6.07) is 0. The van der Waals surface area contributed by atoms with Crippen molar-refractivity contribution in [3.05, 3.63) is 11.6 Å². The van der Waals surface area contributed by atoms with Crippen LogP contribution in [-0.4, -0.2) is 109 Å². The summed E-state index contributed by atoms with van der Waals surface area (Å²) in [5.41, 5.74) is 0.0668. The molecule has 244 valence electrons. The van der Waals surface area contributed by atoms with Crippen LogP contribution in [0.3, 0.4) is 0 Å². The lowest BCUT2D eigenvalue weighted by Gasteiger charge is -2.60. The molecule has 5 aliphatic carbocycles. The van der Waals surface area contributed by atoms with Crippen LogP contribution in [-0.2, 0) is 14.3 Å². The van der Waals surface area contributed by atoms with Crippen molar-refractivity contribution in [2.45, 2.75) is 114 Å². The van der Waals surface area contributed by atoms with Crippen LogP contribution in [0.15, 0.2) is 11.6 Å². The molecule has 11 nitrogen and oxygen atoms in total. The summed E-state index contributed by atoms with van der Waals surface area (Å²) in [7, 11) is 0. The van der Waals surface area contributed by atoms with Gasteiger partial charge in [0.1, 0.15) is 29.8 Å². The summed E-state index contributed by atoms with van der Waals surface area (Å²) in [6.07, 6.45) is -2.53. The molecule has 0 aromatic carbocycles. The summed E-state index contributed by atoms with van der Waals surface area (Å²) in [5, 5.41) is 84.3. The van der Waals surface area contributed by atoms with Crippen LogP contribution in [0.5, 0.6) is 0 Å². The van der Waals surface area contributed by atoms with Crippen molar-refractivity contribution in [3.8, 4) is 0 Å². The highest BCUT2D eigenvalue weighted by Gasteiger charge is 2.63. The molecule has 5 fully saturated rings. The number of carbonyl (C=O) groups is 1. The molecule has 1 saturated heterocycles. The molecule has 0 aromatic heterocycles. The zero-order valence-corrected chi connectivity index (χ0v) is 25.1. The number of allylic oxidation sites excluding steroid dienone is 2. The van der Waals surface area contributed by atoms with Crippen LogP contribution in [0.25, 0.3) is 0 Å². The lowest BCUT2D eigenvalue weighted by molar-refractivity contribution is -0.329. The Morgan fingerprint density at radius 3 is 2.33 bits per heavy atom. The second-order valence-corrected chi connectivity index (χ2v) is 15.2. The number of fused-ring (bicyclic) bond motifs is 7. The Hall–Kier alpha value is -1.15. The molecule has 0 amide bonds. The lowest BCUT2D eigenvalue weighted by atomic mass is 9.45. The lowest BCUT2D eigenvalue weighted by Crippen LogP contribution is -2.62. The minimum absolute atomic E-state index is 0.00162. The Morgan fingerprint density at radius 2 is 1.65 bits per heavy atom. The molecule has 0 radical (unpaired) electrons. The molecule has 0 spiro atoms. The van der Waals surface area contributed by atoms with Crippen LogP contribution >= 0.6 is 0 Å². The van der Waals surface area contributed by atoms with Crippen molar-refractivity contribution in [2.75, 3.05) is 13.2 Å². The van der Waals surface area contributed by atoms with Gasteiger partial charge < -0.3 is 50.3 Å². The van der Waals surface area contributed by atoms with Gasteiger partial charge in [0.2, 0.25) is 0 Å². The Bertz CT molecular complexity index is 1080. The third-order valence-corrected chi connectivity index (χ3v) is 12.7. The van der Waals surface area contributed by atoms with Gasteiger partial charge in [-0.25, -0.2) is 0 Å². The third kappa shape index (κ3) is 5.02. The van der Waals surface area contributed by atoms with E-state index in [0.29, 0.717) is 19.3 Å². The molecule has 1 heterocycles. The number of carboxylic acids is 1. The first-order valence-electron chi connectivity index (χ1n) is 16.2. The van der Waals surface area contributed by atoms with E-state index in [0.717, 1.165) is 32.1 Å². The second-order valence-electron chi connectivity index (χ2n) is 15.2. The van der Waals surface area contributed by atoms with Crippen molar-refractivity contribution in [3.63, 3.8) is 0 Å². The van der Waals surface area contributed by atoms with Crippen molar-refractivity contribution >= 4 is 5.97 Å². The number of hydrogen-bond acceptors (Lipinski definition) is 10. The van der Waals surface area contributed by atoms with Crippen LogP contribution in [0, 0.1) is 52.3 Å². The molecule has 0 aromatic rings. The Labute approximate surface area is 252 Å². The first-order chi connectivity index (χ1) is 20.3. The highest BCUT2D eigenvalue weighted by Crippen LogP contribution is 2.64. The maximum atomic E-state index is 12.7. The van der Waals surface area contributed by atoms with E-state index >= 15 is 0 Å². The zero-order valence-electron chi connectivity index (χ0n) is 25.1. The first-order valence-corrected chi connectivity index (χ1v) is 16.2. The summed E-state index contributed by atoms with van der Waals surface area (Å²) < 4.78 is 11.6. The molecule has 0 bridgehead atoms. The first kappa shape index (κ1) is 31.8. The molecule has 11 unspecified atom stereocenters. The van der Waals surface area contributed by atoms with E-state index in [1.165, 1.54) is 5.57 Å². The average Bonchev–Trinajstić information content (AvgIpc) is 2.96. The van der Waals surface area contributed by atoms with E-state index in [1.807, 2.05) is 0 Å². The average molecular weight is 611 g/mol. The molecule has 1 aliphatic heterocycles. The molecule has 6 rings (SSSR count). The Kier molecular flexibility index (Phi) is 8.57. The molecule has 6 aliphatic rings. The summed E-state index contributed by atoms with van der Waals surface area (Å²) >= 11 is 0. The van der Waals surface area contributed by atoms with Gasteiger partial charge in [-0.2, -0.15) is 0 Å². The van der Waals surface area contributed by atoms with Crippen LogP contribution in [0.1, 0.15) is 65.2 Å². The molecular weight excluding hydrogens is 560 g/mol. The van der Waals surface area contributed by atoms with Gasteiger partial charge in [0.15, 0.2) is 6.29 Å². The number of carboxylic acid groups (broad SMARTS) is 1. The minimum Gasteiger partial charge on any atom is -0.481 e. The van der Waals surface area contributed by atoms with E-state index < -0.39 is 72.9 Å². The van der Waals surface area contributed by atoms with Gasteiger partial charge in [-0.1, -0.05) is 25.5 Å². The summed E-state index contributed by atoms with van der Waals surface area (Å²) in [5.74, 6) is -0.870. The molecule has 11 heteroatoms. The van der Waals surface area contributed by atoms with Crippen LogP contribution in [0.2, 0.25) is 0 Å². The maximum Gasteiger partial charge on any atom is 0.312 e. The number of ether oxygens (including phenoxy) is 2. The van der Waals surface area contributed by atoms with Gasteiger partial charge in [0, 0.05) is 12.5 Å². The quantitative estimate of drug-likeness (QED) is 0.159. The monoisotopic (exact) mass is 610 g/mol. The smallest absolute Gasteiger partial charge is 0.312 e. The molecule has 16 atom stereocenters. The van der Waals surface area contributed by atoms with Gasteiger partial charge >= 0.3 is 5.97 Å². The van der Waals surface area contributed by atoms with Gasteiger partial charge in [-0.15, -0.1) is 0 Å². The standard InChI is InChI=1S/C32H50O11/c1-31(2)7-8-32(30(40)41)21(11-31)17-6-5-14-15(19(17)10-24(32)36)3-4-16-18(14)9-22(35)28(20(16)12-33)43-29-27(39)26(38)25(37)23(13-34)42-29/h6,14-16,18-29,33-39H,3-5,7-13H2,1-2H3,(H,40,41)/t14?,15?,16?,18?,19?,20-,21?,22+,23?,24-,25?,26?,27?,28-,29?,32-/m1/s1. The van der Waals surface area contributed by atoms with E-state index in [-0.39, 0.29) is 47.5 Å². The third-order valence-electron chi connectivity index (χ3n) is 12.7. The SMILES string of the molecule is CC1(C)CC[C@@]2(C(=O)O)C(C1)C1=CCC3C(CCC4C3C[C@H](O)[C@H](OC3OC(CO)C(O)C(O)C3O)[C@@H]4CO)C1C[C@H]2O. The Morgan fingerprint density at radius 1 is 0.930 bits per heavy atom. The van der Waals surface area contributed by atoms with E-state index in [1.54, 1.807) is 0 Å². The molecule has 43 heavy (non-hydrogen) atoms. The highest BCUT2D eigenvalue weighted by molar-refractivity contribution is 5.77. The fourth-order valence-electron chi connectivity index (χ4n) is 10.5. The van der Waals surface area contributed by atoms with Gasteiger partial charge in [0.05, 0.1) is 24.9 Å². The topological polar surface area (TPSA) is 197 Å². The fourth-order valence-corrected chi connectivity index (χ4v) is 10.5. The van der Waals surface area contributed by atoms with E-state index in [9.17, 15) is 45.6 Å². The number of aliphatic hydroxyl groups excluding tert-OH is 7. The largest absolute Gasteiger partial charge is 0.481 e. The zero-order chi connectivity index (χ0) is 31.0. The predicted molar refractivity (Wildman–Crippen MR) is 151 cm³/mol. The second kappa shape index (κ2) is 11.6. The Balaban J connectivity index is 1.23. The van der Waals surface area contributed by atoms with Gasteiger partial charge in [0.25, 0.3) is 0 Å². The molecular formula is C32H50O11. The normalized spacial score (nSPS) is 52.6. The maximum absolute atomic E-state index is 12.7. The number of rotatable bonds is 5. The number of aliphatic carboxylic acids is 1. The summed E-state index contributed by atoms with van der Waals surface area (Å²) in [6.45, 7) is 3.53. The highest BCUT2D eigenvalue weighted by atomic mass is 16.7. The molecule has 4 saturated carbocycles. The van der Waals surface area contributed by atoms with Crippen LogP contribution in [0.4, 0.5) is 0 Å². The van der Waals surface area contributed by atoms with Crippen molar-refractivity contribution in [1.29, 1.82) is 0 Å². The van der Waals surface area contributed by atoms with Gasteiger partial charge in [-0.3, -0.25) is 4.79 Å². The van der Waals surface area contributed by atoms with Crippen LogP contribution < -0.4 is 0 Å². The van der Waals surface area contributed by atoms with Crippen molar-refractivity contribution < 1.29 is 55.1 Å². The van der Waals surface area contributed by atoms with Crippen molar-refractivity contribution in [1.82, 2.24) is 0 Å². The van der Waals surface area contributed by atoms with Gasteiger partial charge in [-0.05, 0) is 92.3 Å². The molecule has 8 N–H and O–H groups in total. The number of hydrogen-bond donors (Lipinski definition) is 8. The number of aliphatic hydroxyl groups is 7. The summed E-state index contributed by atoms with van der Waals surface area (Å²) in [4.78, 5) is 12.7. The minimum atomic E-state index is -1.60. The van der Waals surface area contributed by atoms with Crippen molar-refractivity contribution in [2.24, 2.45) is 52.3 Å². The predicted octanol–water partition coefficient (Wildman–Crippen LogP) is 0.411. The fraction of sp³-hybridized carbons (Fsp3) is 0.906. The van der Waals surface area contributed by atoms with E-state index in [2.05, 4.69) is 19.9 Å².